The van der Waals surface area contributed by atoms with Gasteiger partial charge in [-0.3, -0.25) is 0 Å². The Balaban J connectivity index is 1.88. The van der Waals surface area contributed by atoms with Crippen LogP contribution < -0.4 is 0 Å². The maximum absolute atomic E-state index is 9.17. The lowest BCUT2D eigenvalue weighted by Gasteiger charge is -2.50. The number of hydrogen-bond donors (Lipinski definition) is 0. The van der Waals surface area contributed by atoms with E-state index in [-0.39, 0.29) is 5.41 Å². The third-order valence-corrected chi connectivity index (χ3v) is 3.82. The first kappa shape index (κ1) is 9.02. The van der Waals surface area contributed by atoms with Crippen molar-refractivity contribution >= 4 is 0 Å². The van der Waals surface area contributed by atoms with Gasteiger partial charge in [-0.15, -0.1) is 0 Å². The molecule has 0 atom stereocenters. The van der Waals surface area contributed by atoms with Gasteiger partial charge in [-0.05, 0) is 37.5 Å². The van der Waals surface area contributed by atoms with E-state index in [1.807, 2.05) is 0 Å². The van der Waals surface area contributed by atoms with Gasteiger partial charge in [0, 0.05) is 13.7 Å². The smallest absolute Gasteiger partial charge is 0.0692 e. The number of nitriles is 1. The summed E-state index contributed by atoms with van der Waals surface area (Å²) in [7, 11) is 1.75. The summed E-state index contributed by atoms with van der Waals surface area (Å²) >= 11 is 0. The van der Waals surface area contributed by atoms with E-state index >= 15 is 0 Å². The molecule has 2 aliphatic carbocycles. The van der Waals surface area contributed by atoms with Crippen LogP contribution in [-0.2, 0) is 4.74 Å². The highest BCUT2D eigenvalue weighted by Gasteiger charge is 2.51. The fourth-order valence-corrected chi connectivity index (χ4v) is 2.80. The van der Waals surface area contributed by atoms with E-state index in [0.717, 1.165) is 19.4 Å². The number of nitrogens with zero attached hydrogens (tertiary/aromatic N) is 1. The maximum Gasteiger partial charge on any atom is 0.0692 e. The standard InChI is InChI=1S/C11H17NO/c1-13-7-9-5-11(6-9,8-12)10-3-2-4-10/h9-10H,2-7H2,1H3. The van der Waals surface area contributed by atoms with Gasteiger partial charge in [0.25, 0.3) is 0 Å². The van der Waals surface area contributed by atoms with Gasteiger partial charge in [-0.25, -0.2) is 0 Å². The van der Waals surface area contributed by atoms with Crippen molar-refractivity contribution in [1.29, 1.82) is 5.26 Å². The van der Waals surface area contributed by atoms with E-state index in [1.165, 1.54) is 19.3 Å². The second-order valence-corrected chi connectivity index (χ2v) is 4.63. The van der Waals surface area contributed by atoms with Gasteiger partial charge in [-0.2, -0.15) is 5.26 Å². The molecule has 0 aliphatic heterocycles. The fourth-order valence-electron chi connectivity index (χ4n) is 2.80. The van der Waals surface area contributed by atoms with Crippen molar-refractivity contribution in [3.63, 3.8) is 0 Å². The predicted octanol–water partition coefficient (Wildman–Crippen LogP) is 2.35. The van der Waals surface area contributed by atoms with Crippen LogP contribution in [0.15, 0.2) is 0 Å². The summed E-state index contributed by atoms with van der Waals surface area (Å²) in [5.41, 5.74) is 0.0570. The average molecular weight is 179 g/mol. The summed E-state index contributed by atoms with van der Waals surface area (Å²) in [6, 6.07) is 2.55. The summed E-state index contributed by atoms with van der Waals surface area (Å²) in [6.07, 6.45) is 6.08. The summed E-state index contributed by atoms with van der Waals surface area (Å²) in [5.74, 6) is 1.37. The second kappa shape index (κ2) is 3.31. The minimum absolute atomic E-state index is 0.0570. The molecule has 2 heteroatoms. The highest BCUT2D eigenvalue weighted by atomic mass is 16.5. The largest absolute Gasteiger partial charge is 0.384 e. The lowest BCUT2D eigenvalue weighted by Crippen LogP contribution is -2.46. The summed E-state index contributed by atoms with van der Waals surface area (Å²) in [4.78, 5) is 0. The van der Waals surface area contributed by atoms with Crippen molar-refractivity contribution in [3.05, 3.63) is 0 Å². The molecule has 0 radical (unpaired) electrons. The van der Waals surface area contributed by atoms with E-state index < -0.39 is 0 Å². The highest BCUT2D eigenvalue weighted by Crippen LogP contribution is 2.56. The minimum atomic E-state index is 0.0570. The first-order chi connectivity index (χ1) is 6.30. The van der Waals surface area contributed by atoms with E-state index in [1.54, 1.807) is 7.11 Å². The van der Waals surface area contributed by atoms with Gasteiger partial charge in [0.2, 0.25) is 0 Å². The Morgan fingerprint density at radius 1 is 1.46 bits per heavy atom. The zero-order chi connectivity index (χ0) is 9.31. The predicted molar refractivity (Wildman–Crippen MR) is 50.0 cm³/mol. The Hall–Kier alpha value is -0.550. The van der Waals surface area contributed by atoms with E-state index in [0.29, 0.717) is 11.8 Å². The highest BCUT2D eigenvalue weighted by molar-refractivity contribution is 5.12. The Morgan fingerprint density at radius 2 is 2.15 bits per heavy atom. The van der Waals surface area contributed by atoms with Gasteiger partial charge in [0.15, 0.2) is 0 Å². The third kappa shape index (κ3) is 1.36. The van der Waals surface area contributed by atoms with Crippen molar-refractivity contribution in [2.24, 2.45) is 17.3 Å². The molecule has 0 heterocycles. The van der Waals surface area contributed by atoms with Gasteiger partial charge < -0.3 is 4.74 Å². The normalized spacial score (nSPS) is 38.9. The van der Waals surface area contributed by atoms with Crippen molar-refractivity contribution in [3.8, 4) is 6.07 Å². The molecule has 2 saturated carbocycles. The van der Waals surface area contributed by atoms with E-state index in [9.17, 15) is 0 Å². The maximum atomic E-state index is 9.17. The van der Waals surface area contributed by atoms with Crippen LogP contribution in [0.2, 0.25) is 0 Å². The molecule has 2 nitrogen and oxygen atoms in total. The van der Waals surface area contributed by atoms with E-state index in [4.69, 9.17) is 10.00 Å². The Bertz CT molecular complexity index is 221. The molecule has 2 rings (SSSR count). The van der Waals surface area contributed by atoms with Crippen molar-refractivity contribution < 1.29 is 4.74 Å². The lowest BCUT2D eigenvalue weighted by molar-refractivity contribution is -0.0256. The van der Waals surface area contributed by atoms with Gasteiger partial charge >= 0.3 is 0 Å². The molecular weight excluding hydrogens is 162 g/mol. The van der Waals surface area contributed by atoms with Crippen LogP contribution in [0.4, 0.5) is 0 Å². The van der Waals surface area contributed by atoms with Crippen LogP contribution in [0.1, 0.15) is 32.1 Å². The molecule has 72 valence electrons. The van der Waals surface area contributed by atoms with Crippen LogP contribution in [0.5, 0.6) is 0 Å². The van der Waals surface area contributed by atoms with Crippen molar-refractivity contribution in [2.45, 2.75) is 32.1 Å². The van der Waals surface area contributed by atoms with Crippen molar-refractivity contribution in [1.82, 2.24) is 0 Å². The minimum Gasteiger partial charge on any atom is -0.384 e. The SMILES string of the molecule is COCC1CC(C#N)(C2CCC2)C1. The first-order valence-electron chi connectivity index (χ1n) is 5.21. The van der Waals surface area contributed by atoms with Crippen LogP contribution >= 0.6 is 0 Å². The first-order valence-corrected chi connectivity index (χ1v) is 5.21. The lowest BCUT2D eigenvalue weighted by atomic mass is 9.52. The summed E-state index contributed by atoms with van der Waals surface area (Å²) in [5, 5.41) is 9.17. The molecule has 2 aliphatic rings. The molecule has 0 aromatic carbocycles. The van der Waals surface area contributed by atoms with Gasteiger partial charge in [0.05, 0.1) is 11.5 Å². The molecule has 0 spiro atoms. The number of rotatable bonds is 3. The Labute approximate surface area is 79.9 Å². The number of methoxy groups -OCH3 is 1. The molecule has 0 N–H and O–H groups in total. The molecule has 0 bridgehead atoms. The molecular formula is C11H17NO. The Kier molecular flexibility index (Phi) is 2.29. The molecule has 0 amide bonds. The summed E-state index contributed by atoms with van der Waals surface area (Å²) < 4.78 is 5.11. The molecule has 0 saturated heterocycles. The zero-order valence-corrected chi connectivity index (χ0v) is 8.25. The monoisotopic (exact) mass is 179 g/mol. The number of ether oxygens (including phenoxy) is 1. The van der Waals surface area contributed by atoms with Crippen LogP contribution in [0, 0.1) is 28.6 Å². The van der Waals surface area contributed by atoms with E-state index in [2.05, 4.69) is 6.07 Å². The molecule has 2 fully saturated rings. The summed E-state index contributed by atoms with van der Waals surface area (Å²) in [6.45, 7) is 0.843. The third-order valence-electron chi connectivity index (χ3n) is 3.82. The molecule has 0 aromatic rings. The molecule has 0 unspecified atom stereocenters. The topological polar surface area (TPSA) is 33.0 Å². The molecule has 0 aromatic heterocycles. The van der Waals surface area contributed by atoms with Gasteiger partial charge in [-0.1, -0.05) is 6.42 Å². The van der Waals surface area contributed by atoms with Gasteiger partial charge in [0.1, 0.15) is 0 Å². The quantitative estimate of drug-likeness (QED) is 0.666. The Morgan fingerprint density at radius 3 is 2.54 bits per heavy atom. The fraction of sp³-hybridized carbons (Fsp3) is 0.909. The van der Waals surface area contributed by atoms with Crippen LogP contribution in [0.25, 0.3) is 0 Å². The zero-order valence-electron chi connectivity index (χ0n) is 8.25. The van der Waals surface area contributed by atoms with Crippen LogP contribution in [-0.4, -0.2) is 13.7 Å². The van der Waals surface area contributed by atoms with Crippen molar-refractivity contribution in [2.75, 3.05) is 13.7 Å². The number of hydrogen-bond acceptors (Lipinski definition) is 2. The second-order valence-electron chi connectivity index (χ2n) is 4.63. The average Bonchev–Trinajstić information content (AvgIpc) is 1.96. The van der Waals surface area contributed by atoms with Crippen LogP contribution in [0.3, 0.4) is 0 Å². The molecule has 13 heavy (non-hydrogen) atoms.